The van der Waals surface area contributed by atoms with E-state index in [9.17, 15) is 4.39 Å². The fourth-order valence-electron chi connectivity index (χ4n) is 2.54. The minimum absolute atomic E-state index is 0.0702. The van der Waals surface area contributed by atoms with Gasteiger partial charge in [-0.3, -0.25) is 0 Å². The molecule has 1 aliphatic rings. The van der Waals surface area contributed by atoms with Crippen molar-refractivity contribution in [1.82, 2.24) is 9.55 Å². The van der Waals surface area contributed by atoms with Crippen LogP contribution in [0.3, 0.4) is 0 Å². The maximum absolute atomic E-state index is 13.8. The quantitative estimate of drug-likeness (QED) is 0.905. The first-order chi connectivity index (χ1) is 8.59. The van der Waals surface area contributed by atoms with Crippen molar-refractivity contribution in [2.45, 2.75) is 38.8 Å². The van der Waals surface area contributed by atoms with E-state index in [4.69, 9.17) is 5.73 Å². The van der Waals surface area contributed by atoms with E-state index >= 15 is 0 Å². The van der Waals surface area contributed by atoms with E-state index in [1.165, 1.54) is 6.07 Å². The Morgan fingerprint density at radius 3 is 2.72 bits per heavy atom. The van der Waals surface area contributed by atoms with Gasteiger partial charge in [-0.15, -0.1) is 0 Å². The number of fused-ring (bicyclic) bond motifs is 1. The van der Waals surface area contributed by atoms with Gasteiger partial charge in [-0.2, -0.15) is 0 Å². The molecule has 4 heteroatoms. The zero-order chi connectivity index (χ0) is 12.9. The van der Waals surface area contributed by atoms with Gasteiger partial charge in [0.1, 0.15) is 11.3 Å². The molecule has 0 bridgehead atoms. The van der Waals surface area contributed by atoms with Crippen molar-refractivity contribution in [3.8, 4) is 0 Å². The van der Waals surface area contributed by atoms with Crippen molar-refractivity contribution in [2.24, 2.45) is 11.7 Å². The summed E-state index contributed by atoms with van der Waals surface area (Å²) in [6.45, 7) is 4.16. The van der Waals surface area contributed by atoms with Crippen molar-refractivity contribution in [2.75, 3.05) is 0 Å². The number of rotatable bonds is 3. The molecule has 1 aliphatic carbocycles. The van der Waals surface area contributed by atoms with Gasteiger partial charge >= 0.3 is 0 Å². The van der Waals surface area contributed by atoms with Gasteiger partial charge in [0.05, 0.1) is 11.6 Å². The smallest absolute Gasteiger partial charge is 0.151 e. The predicted molar refractivity (Wildman–Crippen MR) is 69.7 cm³/mol. The zero-order valence-corrected chi connectivity index (χ0v) is 10.7. The highest BCUT2D eigenvalue weighted by Crippen LogP contribution is 2.40. The Hall–Kier alpha value is -1.42. The summed E-state index contributed by atoms with van der Waals surface area (Å²) >= 11 is 0. The van der Waals surface area contributed by atoms with Gasteiger partial charge < -0.3 is 10.3 Å². The maximum Gasteiger partial charge on any atom is 0.151 e. The zero-order valence-electron chi connectivity index (χ0n) is 10.7. The Bertz CT molecular complexity index is 584. The number of halogens is 1. The number of benzene rings is 1. The summed E-state index contributed by atoms with van der Waals surface area (Å²) in [6.07, 6.45) is 2.32. The molecule has 0 radical (unpaired) electrons. The van der Waals surface area contributed by atoms with Crippen LogP contribution in [-0.2, 0) is 0 Å². The third-order valence-corrected chi connectivity index (χ3v) is 3.64. The lowest BCUT2D eigenvalue weighted by Gasteiger charge is -2.17. The van der Waals surface area contributed by atoms with Crippen LogP contribution in [0.1, 0.15) is 44.6 Å². The number of hydrogen-bond acceptors (Lipinski definition) is 2. The molecule has 18 heavy (non-hydrogen) atoms. The second kappa shape index (κ2) is 4.05. The van der Waals surface area contributed by atoms with Crippen LogP contribution in [-0.4, -0.2) is 9.55 Å². The van der Waals surface area contributed by atoms with Gasteiger partial charge in [0.25, 0.3) is 0 Å². The summed E-state index contributed by atoms with van der Waals surface area (Å²) in [6, 6.07) is 5.25. The SMILES string of the molecule is CC(C)n1c(C(N)C2CC2)nc2c(F)cccc21. The van der Waals surface area contributed by atoms with Crippen molar-refractivity contribution in [3.05, 3.63) is 29.8 Å². The fourth-order valence-corrected chi connectivity index (χ4v) is 2.54. The Morgan fingerprint density at radius 1 is 1.39 bits per heavy atom. The van der Waals surface area contributed by atoms with Crippen LogP contribution >= 0.6 is 0 Å². The molecule has 2 aromatic rings. The molecule has 1 aromatic heterocycles. The number of nitrogens with zero attached hydrogens (tertiary/aromatic N) is 2. The molecule has 2 N–H and O–H groups in total. The highest BCUT2D eigenvalue weighted by Gasteiger charge is 2.33. The topological polar surface area (TPSA) is 43.8 Å². The molecule has 1 aromatic carbocycles. The van der Waals surface area contributed by atoms with Crippen LogP contribution < -0.4 is 5.73 Å². The summed E-state index contributed by atoms with van der Waals surface area (Å²) in [5.41, 5.74) is 7.53. The lowest BCUT2D eigenvalue weighted by Crippen LogP contribution is -2.19. The summed E-state index contributed by atoms with van der Waals surface area (Å²) in [5, 5.41) is 0. The predicted octanol–water partition coefficient (Wildman–Crippen LogP) is 3.17. The lowest BCUT2D eigenvalue weighted by molar-refractivity contribution is 0.512. The molecule has 0 amide bonds. The second-order valence-corrected chi connectivity index (χ2v) is 5.40. The van der Waals surface area contributed by atoms with Crippen molar-refractivity contribution < 1.29 is 4.39 Å². The van der Waals surface area contributed by atoms with Crippen LogP contribution in [0.4, 0.5) is 4.39 Å². The molecule has 3 rings (SSSR count). The Balaban J connectivity index is 2.23. The number of nitrogens with two attached hydrogens (primary N) is 1. The monoisotopic (exact) mass is 247 g/mol. The van der Waals surface area contributed by atoms with Crippen LogP contribution in [0.25, 0.3) is 11.0 Å². The van der Waals surface area contributed by atoms with Crippen LogP contribution in [0.2, 0.25) is 0 Å². The van der Waals surface area contributed by atoms with E-state index in [-0.39, 0.29) is 17.9 Å². The third kappa shape index (κ3) is 1.72. The van der Waals surface area contributed by atoms with Crippen molar-refractivity contribution in [1.29, 1.82) is 0 Å². The molecular weight excluding hydrogens is 229 g/mol. The highest BCUT2D eigenvalue weighted by atomic mass is 19.1. The average Bonchev–Trinajstić information content (AvgIpc) is 3.08. The molecule has 1 saturated carbocycles. The van der Waals surface area contributed by atoms with E-state index in [0.717, 1.165) is 24.2 Å². The Morgan fingerprint density at radius 2 is 2.11 bits per heavy atom. The summed E-state index contributed by atoms with van der Waals surface area (Å²) in [7, 11) is 0. The van der Waals surface area contributed by atoms with Crippen molar-refractivity contribution >= 4 is 11.0 Å². The van der Waals surface area contributed by atoms with E-state index in [0.29, 0.717) is 11.4 Å². The van der Waals surface area contributed by atoms with E-state index in [1.54, 1.807) is 6.07 Å². The third-order valence-electron chi connectivity index (χ3n) is 3.64. The van der Waals surface area contributed by atoms with Gasteiger partial charge in [0.15, 0.2) is 5.82 Å². The van der Waals surface area contributed by atoms with Crippen molar-refractivity contribution in [3.63, 3.8) is 0 Å². The van der Waals surface area contributed by atoms with Gasteiger partial charge in [0.2, 0.25) is 0 Å². The van der Waals surface area contributed by atoms with Gasteiger partial charge in [-0.25, -0.2) is 9.37 Å². The molecule has 0 aliphatic heterocycles. The number of hydrogen-bond donors (Lipinski definition) is 1. The normalized spacial score (nSPS) is 17.6. The Kier molecular flexibility index (Phi) is 2.63. The van der Waals surface area contributed by atoms with E-state index < -0.39 is 0 Å². The number of para-hydroxylation sites is 1. The molecule has 0 spiro atoms. The van der Waals surface area contributed by atoms with Crippen LogP contribution in [0, 0.1) is 11.7 Å². The first-order valence-electron chi connectivity index (χ1n) is 6.51. The molecule has 1 unspecified atom stereocenters. The molecular formula is C14H18FN3. The first kappa shape index (κ1) is 11.7. The van der Waals surface area contributed by atoms with E-state index in [1.807, 2.05) is 6.07 Å². The molecule has 96 valence electrons. The highest BCUT2D eigenvalue weighted by molar-refractivity contribution is 5.77. The molecule has 1 heterocycles. The molecule has 3 nitrogen and oxygen atoms in total. The number of aromatic nitrogens is 2. The van der Waals surface area contributed by atoms with Crippen LogP contribution in [0.5, 0.6) is 0 Å². The lowest BCUT2D eigenvalue weighted by atomic mass is 10.2. The standard InChI is InChI=1S/C14H18FN3/c1-8(2)18-11-5-3-4-10(15)13(11)17-14(18)12(16)9-6-7-9/h3-5,8-9,12H,6-7,16H2,1-2H3. The van der Waals surface area contributed by atoms with Gasteiger partial charge in [-0.05, 0) is 44.7 Å². The van der Waals surface area contributed by atoms with Gasteiger partial charge in [0, 0.05) is 6.04 Å². The largest absolute Gasteiger partial charge is 0.324 e. The number of imidazole rings is 1. The minimum atomic E-state index is -0.267. The molecule has 0 saturated heterocycles. The minimum Gasteiger partial charge on any atom is -0.324 e. The average molecular weight is 247 g/mol. The maximum atomic E-state index is 13.8. The fraction of sp³-hybridized carbons (Fsp3) is 0.500. The molecule has 1 fully saturated rings. The summed E-state index contributed by atoms with van der Waals surface area (Å²) in [4.78, 5) is 4.46. The second-order valence-electron chi connectivity index (χ2n) is 5.40. The summed E-state index contributed by atoms with van der Waals surface area (Å²) in [5.74, 6) is 1.08. The summed E-state index contributed by atoms with van der Waals surface area (Å²) < 4.78 is 15.9. The van der Waals surface area contributed by atoms with E-state index in [2.05, 4.69) is 23.4 Å². The first-order valence-corrected chi connectivity index (χ1v) is 6.51. The molecule has 1 atom stereocenters. The Labute approximate surface area is 106 Å². The van der Waals surface area contributed by atoms with Gasteiger partial charge in [-0.1, -0.05) is 6.07 Å². The van der Waals surface area contributed by atoms with Crippen LogP contribution in [0.15, 0.2) is 18.2 Å².